The number of rotatable bonds is 7. The van der Waals surface area contributed by atoms with E-state index in [0.29, 0.717) is 5.56 Å². The van der Waals surface area contributed by atoms with Gasteiger partial charge in [-0.3, -0.25) is 14.2 Å². The van der Waals surface area contributed by atoms with Gasteiger partial charge in [0.1, 0.15) is 24.9 Å². The molecular weight excluding hydrogens is 515 g/mol. The van der Waals surface area contributed by atoms with Gasteiger partial charge in [-0.1, -0.05) is 42.5 Å². The van der Waals surface area contributed by atoms with Gasteiger partial charge in [0.2, 0.25) is 0 Å². The summed E-state index contributed by atoms with van der Waals surface area (Å²) in [6, 6.07) is 15.8. The molecule has 1 fully saturated rings. The van der Waals surface area contributed by atoms with Gasteiger partial charge in [0.25, 0.3) is 0 Å². The van der Waals surface area contributed by atoms with E-state index >= 15 is 0 Å². The molecule has 2 aliphatic heterocycles. The van der Waals surface area contributed by atoms with Crippen molar-refractivity contribution < 1.29 is 46.9 Å². The smallest absolute Gasteiger partial charge is 0.338 e. The normalized spacial score (nSPS) is 26.3. The molecule has 10 nitrogen and oxygen atoms in total. The zero-order chi connectivity index (χ0) is 27.3. The van der Waals surface area contributed by atoms with Crippen molar-refractivity contribution in [2.24, 2.45) is 5.92 Å². The lowest BCUT2D eigenvalue weighted by atomic mass is 9.87. The van der Waals surface area contributed by atoms with Gasteiger partial charge in [-0.2, -0.15) is 0 Å². The SMILES string of the molecule is CC(=O)OCC1OC(C)C(OC(=O)c2ccccc2)C(CP2(=O)OCc3ccccc3CO2)[C@H]1OC(C)=O. The summed E-state index contributed by atoms with van der Waals surface area (Å²) >= 11 is 0. The maximum absolute atomic E-state index is 14.0. The van der Waals surface area contributed by atoms with Crippen molar-refractivity contribution in [1.82, 2.24) is 0 Å². The highest BCUT2D eigenvalue weighted by Gasteiger charge is 2.52. The van der Waals surface area contributed by atoms with Crippen LogP contribution in [0.15, 0.2) is 54.6 Å². The number of fused-ring (bicyclic) bond motifs is 1. The Morgan fingerprint density at radius 3 is 2.05 bits per heavy atom. The third kappa shape index (κ3) is 6.88. The molecule has 2 aromatic rings. The molecule has 5 atom stereocenters. The fourth-order valence-corrected chi connectivity index (χ4v) is 6.55. The maximum Gasteiger partial charge on any atom is 0.338 e. The molecule has 0 aromatic heterocycles. The summed E-state index contributed by atoms with van der Waals surface area (Å²) in [5.41, 5.74) is 2.01. The van der Waals surface area contributed by atoms with Crippen LogP contribution in [0.2, 0.25) is 0 Å². The summed E-state index contributed by atoms with van der Waals surface area (Å²) in [5.74, 6) is -2.65. The van der Waals surface area contributed by atoms with Crippen molar-refractivity contribution in [1.29, 1.82) is 0 Å². The summed E-state index contributed by atoms with van der Waals surface area (Å²) in [6.07, 6.45) is -3.90. The van der Waals surface area contributed by atoms with Crippen LogP contribution in [0.3, 0.4) is 0 Å². The average molecular weight is 547 g/mol. The predicted octanol–water partition coefficient (Wildman–Crippen LogP) is 4.05. The Morgan fingerprint density at radius 2 is 1.47 bits per heavy atom. The van der Waals surface area contributed by atoms with Gasteiger partial charge >= 0.3 is 25.5 Å². The van der Waals surface area contributed by atoms with E-state index in [1.54, 1.807) is 37.3 Å². The molecule has 4 rings (SSSR count). The van der Waals surface area contributed by atoms with Crippen molar-refractivity contribution in [3.8, 4) is 0 Å². The Labute approximate surface area is 221 Å². The van der Waals surface area contributed by atoms with Crippen molar-refractivity contribution in [3.63, 3.8) is 0 Å². The quantitative estimate of drug-likeness (QED) is 0.285. The number of carbonyl (C=O) groups excluding carboxylic acids is 3. The monoisotopic (exact) mass is 546 g/mol. The summed E-state index contributed by atoms with van der Waals surface area (Å²) in [6.45, 7) is 4.07. The van der Waals surface area contributed by atoms with Crippen LogP contribution in [0.25, 0.3) is 0 Å². The van der Waals surface area contributed by atoms with E-state index < -0.39 is 55.8 Å². The Bertz CT molecular complexity index is 1170. The van der Waals surface area contributed by atoms with Gasteiger partial charge in [0.15, 0.2) is 0 Å². The fraction of sp³-hybridized carbons (Fsp3) is 0.444. The van der Waals surface area contributed by atoms with Gasteiger partial charge in [0.05, 0.1) is 31.0 Å². The van der Waals surface area contributed by atoms with Gasteiger partial charge in [-0.15, -0.1) is 0 Å². The fourth-order valence-electron chi connectivity index (χ4n) is 4.66. The topological polar surface area (TPSA) is 124 Å². The Balaban J connectivity index is 1.65. The lowest BCUT2D eigenvalue weighted by molar-refractivity contribution is -0.217. The van der Waals surface area contributed by atoms with Crippen LogP contribution in [-0.2, 0) is 55.4 Å². The Kier molecular flexibility index (Phi) is 8.99. The Morgan fingerprint density at radius 1 is 0.868 bits per heavy atom. The minimum atomic E-state index is -3.78. The second-order valence-corrected chi connectivity index (χ2v) is 11.4. The number of carbonyl (C=O) groups is 3. The van der Waals surface area contributed by atoms with Gasteiger partial charge < -0.3 is 28.0 Å². The van der Waals surface area contributed by atoms with Gasteiger partial charge in [-0.05, 0) is 30.2 Å². The molecule has 0 spiro atoms. The molecular formula is C27H31O10P. The van der Waals surface area contributed by atoms with Crippen molar-refractivity contribution in [2.75, 3.05) is 12.8 Å². The van der Waals surface area contributed by atoms with Gasteiger partial charge in [0, 0.05) is 19.8 Å². The van der Waals surface area contributed by atoms with E-state index in [4.69, 9.17) is 28.0 Å². The minimum Gasteiger partial charge on any atom is -0.463 e. The molecule has 0 aliphatic carbocycles. The van der Waals surface area contributed by atoms with E-state index in [2.05, 4.69) is 0 Å². The first-order valence-electron chi connectivity index (χ1n) is 12.3. The zero-order valence-corrected chi connectivity index (χ0v) is 22.3. The number of esters is 3. The molecule has 2 heterocycles. The molecule has 0 bridgehead atoms. The van der Waals surface area contributed by atoms with Crippen molar-refractivity contribution in [3.05, 3.63) is 71.3 Å². The summed E-state index contributed by atoms with van der Waals surface area (Å²) in [5, 5.41) is 0. The zero-order valence-electron chi connectivity index (χ0n) is 21.4. The molecule has 11 heteroatoms. The molecule has 4 unspecified atom stereocenters. The molecule has 0 radical (unpaired) electrons. The molecule has 2 aromatic carbocycles. The molecule has 1 saturated heterocycles. The first-order chi connectivity index (χ1) is 18.1. The van der Waals surface area contributed by atoms with E-state index in [9.17, 15) is 18.9 Å². The molecule has 204 valence electrons. The van der Waals surface area contributed by atoms with Crippen LogP contribution in [0.4, 0.5) is 0 Å². The molecule has 0 amide bonds. The first kappa shape index (κ1) is 28.0. The minimum absolute atomic E-state index is 0.0653. The maximum atomic E-state index is 14.0. The number of hydrogen-bond donors (Lipinski definition) is 0. The average Bonchev–Trinajstić information content (AvgIpc) is 3.06. The number of hydrogen-bond acceptors (Lipinski definition) is 10. The van der Waals surface area contributed by atoms with Crippen LogP contribution in [-0.4, -0.2) is 55.1 Å². The van der Waals surface area contributed by atoms with E-state index in [0.717, 1.165) is 11.1 Å². The highest BCUT2D eigenvalue weighted by molar-refractivity contribution is 7.53. The first-order valence-corrected chi connectivity index (χ1v) is 14.0. The molecule has 0 saturated carbocycles. The second kappa shape index (κ2) is 12.2. The number of benzene rings is 2. The molecule has 38 heavy (non-hydrogen) atoms. The van der Waals surface area contributed by atoms with Crippen LogP contribution in [0.5, 0.6) is 0 Å². The van der Waals surface area contributed by atoms with E-state index in [1.807, 2.05) is 24.3 Å². The summed E-state index contributed by atoms with van der Waals surface area (Å²) in [4.78, 5) is 36.7. The van der Waals surface area contributed by atoms with Crippen LogP contribution < -0.4 is 0 Å². The standard InChI is InChI=1S/C27H31O10P/c1-17-25(37-27(30)20-9-5-4-6-10-20)23(26(36-19(3)29)24(35-17)15-32-18(2)28)16-38(31)33-13-21-11-7-8-12-22(21)14-34-38/h4-12,17,23-26H,13-16H2,1-3H3/t17?,23?,24?,25?,26-/m1/s1. The lowest BCUT2D eigenvalue weighted by Crippen LogP contribution is -2.58. The molecule has 0 N–H and O–H groups in total. The molecule has 2 aliphatic rings. The summed E-state index contributed by atoms with van der Waals surface area (Å²) < 4.78 is 48.2. The summed E-state index contributed by atoms with van der Waals surface area (Å²) in [7, 11) is -3.78. The highest BCUT2D eigenvalue weighted by atomic mass is 31.2. The van der Waals surface area contributed by atoms with E-state index in [-0.39, 0.29) is 26.0 Å². The predicted molar refractivity (Wildman–Crippen MR) is 134 cm³/mol. The lowest BCUT2D eigenvalue weighted by Gasteiger charge is -2.45. The Hall–Kier alpha value is -3.04. The third-order valence-electron chi connectivity index (χ3n) is 6.45. The van der Waals surface area contributed by atoms with E-state index in [1.165, 1.54) is 13.8 Å². The van der Waals surface area contributed by atoms with Gasteiger partial charge in [-0.25, -0.2) is 4.79 Å². The van der Waals surface area contributed by atoms with Crippen molar-refractivity contribution in [2.45, 2.75) is 58.4 Å². The second-order valence-electron chi connectivity index (χ2n) is 9.27. The largest absolute Gasteiger partial charge is 0.463 e. The van der Waals surface area contributed by atoms with Crippen LogP contribution in [0, 0.1) is 5.92 Å². The van der Waals surface area contributed by atoms with Crippen molar-refractivity contribution >= 4 is 25.5 Å². The van der Waals surface area contributed by atoms with Crippen LogP contribution >= 0.6 is 7.60 Å². The highest BCUT2D eigenvalue weighted by Crippen LogP contribution is 2.55. The van der Waals surface area contributed by atoms with Crippen LogP contribution in [0.1, 0.15) is 42.3 Å². The number of ether oxygens (including phenoxy) is 4. The third-order valence-corrected chi connectivity index (χ3v) is 8.37.